The number of carbonyl (C=O) groups excluding carboxylic acids is 1. The van der Waals surface area contributed by atoms with Crippen LogP contribution in [-0.2, 0) is 0 Å². The molecule has 0 aromatic carbocycles. The Morgan fingerprint density at radius 2 is 2.32 bits per heavy atom. The second-order valence-corrected chi connectivity index (χ2v) is 6.21. The second kappa shape index (κ2) is 5.06. The van der Waals surface area contributed by atoms with E-state index in [1.165, 1.54) is 6.20 Å². The molecule has 112 valence electrons. The number of nitrogens with two attached hydrogens (primary N) is 1. The topological polar surface area (TPSA) is 89.9 Å². The van der Waals surface area contributed by atoms with Gasteiger partial charge in [0.2, 0.25) is 0 Å². The Morgan fingerprint density at radius 1 is 1.41 bits per heavy atom. The third-order valence-corrected chi connectivity index (χ3v) is 4.85. The molecular weight excluding hydrogens is 300 g/mol. The monoisotopic (exact) mass is 314 g/mol. The summed E-state index contributed by atoms with van der Waals surface area (Å²) >= 11 is 1.66. The molecule has 0 saturated carbocycles. The summed E-state index contributed by atoms with van der Waals surface area (Å²) in [7, 11) is 0. The van der Waals surface area contributed by atoms with Crippen LogP contribution in [0.5, 0.6) is 0 Å². The fraction of sp³-hybridized carbons (Fsp3) is 0.286. The zero-order valence-electron chi connectivity index (χ0n) is 11.7. The zero-order chi connectivity index (χ0) is 15.1. The Bertz CT molecular complexity index is 841. The predicted molar refractivity (Wildman–Crippen MR) is 84.0 cm³/mol. The lowest BCUT2D eigenvalue weighted by molar-refractivity contribution is 0.1000. The molecule has 8 heteroatoms. The summed E-state index contributed by atoms with van der Waals surface area (Å²) in [5.74, 6) is 0.530. The maximum Gasteiger partial charge on any atom is 0.251 e. The summed E-state index contributed by atoms with van der Waals surface area (Å²) in [5.41, 5.74) is 6.70. The molecule has 2 N–H and O–H groups in total. The third-order valence-electron chi connectivity index (χ3n) is 3.95. The van der Waals surface area contributed by atoms with Crippen molar-refractivity contribution in [3.63, 3.8) is 0 Å². The summed E-state index contributed by atoms with van der Waals surface area (Å²) in [5, 5.41) is 6.29. The molecule has 0 radical (unpaired) electrons. The molecule has 0 bridgehead atoms. The van der Waals surface area contributed by atoms with Gasteiger partial charge < -0.3 is 10.6 Å². The summed E-state index contributed by atoms with van der Waals surface area (Å²) in [4.78, 5) is 22.1. The number of rotatable bonds is 3. The number of hydrogen-bond acceptors (Lipinski definition) is 6. The van der Waals surface area contributed by atoms with Gasteiger partial charge in [-0.2, -0.15) is 5.10 Å². The van der Waals surface area contributed by atoms with Crippen LogP contribution < -0.4 is 10.6 Å². The van der Waals surface area contributed by atoms with E-state index < -0.39 is 5.91 Å². The van der Waals surface area contributed by atoms with Gasteiger partial charge in [-0.1, -0.05) is 0 Å². The standard InChI is InChI=1S/C14H14N6OS/c15-13(21)9-5-18-20(6-9)10-1-3-19(7-10)14-12-11(2-4-22-12)16-8-17-14/h2,4-6,8,10H,1,3,7H2,(H2,15,21). The summed E-state index contributed by atoms with van der Waals surface area (Å²) < 4.78 is 2.94. The third kappa shape index (κ3) is 2.12. The minimum Gasteiger partial charge on any atom is -0.366 e. The first-order valence-electron chi connectivity index (χ1n) is 6.99. The molecule has 1 unspecified atom stereocenters. The highest BCUT2D eigenvalue weighted by atomic mass is 32.1. The van der Waals surface area contributed by atoms with Gasteiger partial charge in [-0.15, -0.1) is 11.3 Å². The van der Waals surface area contributed by atoms with Gasteiger partial charge >= 0.3 is 0 Å². The van der Waals surface area contributed by atoms with Crippen molar-refractivity contribution < 1.29 is 4.79 Å². The van der Waals surface area contributed by atoms with Gasteiger partial charge in [0.05, 0.1) is 28.0 Å². The highest BCUT2D eigenvalue weighted by Crippen LogP contribution is 2.32. The van der Waals surface area contributed by atoms with Crippen molar-refractivity contribution in [2.45, 2.75) is 12.5 Å². The molecule has 7 nitrogen and oxygen atoms in total. The lowest BCUT2D eigenvalue weighted by atomic mass is 10.3. The molecule has 4 rings (SSSR count). The van der Waals surface area contributed by atoms with Crippen LogP contribution >= 0.6 is 11.3 Å². The van der Waals surface area contributed by atoms with E-state index in [1.807, 2.05) is 16.1 Å². The summed E-state index contributed by atoms with van der Waals surface area (Å²) in [6, 6.07) is 2.23. The Kier molecular flexibility index (Phi) is 3.04. The molecule has 4 heterocycles. The maximum absolute atomic E-state index is 11.2. The number of fused-ring (bicyclic) bond motifs is 1. The van der Waals surface area contributed by atoms with Crippen molar-refractivity contribution in [3.8, 4) is 0 Å². The van der Waals surface area contributed by atoms with Gasteiger partial charge in [0.25, 0.3) is 5.91 Å². The van der Waals surface area contributed by atoms with E-state index in [-0.39, 0.29) is 6.04 Å². The molecule has 22 heavy (non-hydrogen) atoms. The predicted octanol–water partition coefficient (Wildman–Crippen LogP) is 1.44. The molecule has 0 aliphatic carbocycles. The number of primary amides is 1. The first-order valence-corrected chi connectivity index (χ1v) is 7.87. The second-order valence-electron chi connectivity index (χ2n) is 5.29. The quantitative estimate of drug-likeness (QED) is 0.790. The first kappa shape index (κ1) is 13.2. The minimum absolute atomic E-state index is 0.220. The van der Waals surface area contributed by atoms with E-state index in [1.54, 1.807) is 23.9 Å². The average molecular weight is 314 g/mol. The van der Waals surface area contributed by atoms with E-state index >= 15 is 0 Å². The van der Waals surface area contributed by atoms with Crippen molar-refractivity contribution in [1.29, 1.82) is 0 Å². The van der Waals surface area contributed by atoms with Crippen molar-refractivity contribution in [1.82, 2.24) is 19.7 Å². The van der Waals surface area contributed by atoms with Gasteiger partial charge in [-0.05, 0) is 17.9 Å². The average Bonchev–Trinajstić information content (AvgIpc) is 3.25. The van der Waals surface area contributed by atoms with Crippen molar-refractivity contribution in [2.75, 3.05) is 18.0 Å². The fourth-order valence-corrected chi connectivity index (χ4v) is 3.68. The Labute approximate surface area is 130 Å². The van der Waals surface area contributed by atoms with Gasteiger partial charge in [0.15, 0.2) is 0 Å². The van der Waals surface area contributed by atoms with Crippen LogP contribution in [-0.4, -0.2) is 38.7 Å². The van der Waals surface area contributed by atoms with Crippen LogP contribution in [0.2, 0.25) is 0 Å². The van der Waals surface area contributed by atoms with Crippen LogP contribution in [0, 0.1) is 0 Å². The fourth-order valence-electron chi connectivity index (χ4n) is 2.82. The molecule has 3 aromatic rings. The van der Waals surface area contributed by atoms with Crippen LogP contribution in [0.4, 0.5) is 5.82 Å². The molecule has 1 fully saturated rings. The number of carbonyl (C=O) groups is 1. The summed E-state index contributed by atoms with van der Waals surface area (Å²) in [6.07, 6.45) is 5.80. The molecule has 3 aromatic heterocycles. The normalized spacial score (nSPS) is 18.2. The smallest absolute Gasteiger partial charge is 0.251 e. The zero-order valence-corrected chi connectivity index (χ0v) is 12.5. The maximum atomic E-state index is 11.2. The van der Waals surface area contributed by atoms with Gasteiger partial charge in [0.1, 0.15) is 12.1 Å². The van der Waals surface area contributed by atoms with E-state index in [4.69, 9.17) is 5.73 Å². The van der Waals surface area contributed by atoms with Crippen molar-refractivity contribution >= 4 is 33.3 Å². The van der Waals surface area contributed by atoms with Crippen LogP contribution in [0.3, 0.4) is 0 Å². The van der Waals surface area contributed by atoms with Crippen molar-refractivity contribution in [2.24, 2.45) is 5.73 Å². The van der Waals surface area contributed by atoms with Crippen molar-refractivity contribution in [3.05, 3.63) is 35.7 Å². The Balaban J connectivity index is 1.59. The number of hydrogen-bond donors (Lipinski definition) is 1. The van der Waals surface area contributed by atoms with Gasteiger partial charge in [0, 0.05) is 19.3 Å². The highest BCUT2D eigenvalue weighted by molar-refractivity contribution is 7.17. The van der Waals surface area contributed by atoms with E-state index in [2.05, 4.69) is 20.0 Å². The molecule has 0 spiro atoms. The number of nitrogens with zero attached hydrogens (tertiary/aromatic N) is 5. The molecule has 1 atom stereocenters. The Hall–Kier alpha value is -2.48. The van der Waals surface area contributed by atoms with Crippen LogP contribution in [0.1, 0.15) is 22.8 Å². The van der Waals surface area contributed by atoms with Gasteiger partial charge in [-0.25, -0.2) is 9.97 Å². The van der Waals surface area contributed by atoms with E-state index in [9.17, 15) is 4.79 Å². The first-order chi connectivity index (χ1) is 10.7. The minimum atomic E-state index is -0.447. The summed E-state index contributed by atoms with van der Waals surface area (Å²) in [6.45, 7) is 1.71. The van der Waals surface area contributed by atoms with E-state index in [0.717, 1.165) is 35.5 Å². The molecule has 1 aliphatic heterocycles. The number of amides is 1. The Morgan fingerprint density at radius 3 is 3.14 bits per heavy atom. The number of aromatic nitrogens is 4. The number of anilines is 1. The van der Waals surface area contributed by atoms with Gasteiger partial charge in [-0.3, -0.25) is 9.48 Å². The van der Waals surface area contributed by atoms with Crippen LogP contribution in [0.15, 0.2) is 30.2 Å². The SMILES string of the molecule is NC(=O)c1cnn(C2CCN(c3ncnc4ccsc34)C2)c1. The largest absolute Gasteiger partial charge is 0.366 e. The van der Waals surface area contributed by atoms with E-state index in [0.29, 0.717) is 5.56 Å². The molecule has 1 amide bonds. The van der Waals surface area contributed by atoms with Crippen LogP contribution in [0.25, 0.3) is 10.2 Å². The lowest BCUT2D eigenvalue weighted by Gasteiger charge is -2.17. The number of thiophene rings is 1. The molecule has 1 saturated heterocycles. The molecular formula is C14H14N6OS. The highest BCUT2D eigenvalue weighted by Gasteiger charge is 2.27. The molecule has 1 aliphatic rings. The lowest BCUT2D eigenvalue weighted by Crippen LogP contribution is -2.22.